The first kappa shape index (κ1) is 19.1. The van der Waals surface area contributed by atoms with E-state index in [1.165, 1.54) is 0 Å². The number of hydrogen-bond donors (Lipinski definition) is 1. The summed E-state index contributed by atoms with van der Waals surface area (Å²) in [6.45, 7) is 3.23. The molecule has 3 aromatic rings. The molecule has 0 saturated carbocycles. The number of amides is 1. The molecular formula is C19H24N4O4. The Labute approximate surface area is 157 Å². The minimum Gasteiger partial charge on any atom is -0.383 e. The molecule has 2 heterocycles. The topological polar surface area (TPSA) is 91.4 Å². The van der Waals surface area contributed by atoms with Crippen LogP contribution in [0.15, 0.2) is 35.0 Å². The highest BCUT2D eigenvalue weighted by atomic mass is 16.5. The lowest BCUT2D eigenvalue weighted by atomic mass is 10.2. The zero-order chi connectivity index (χ0) is 19.2. The smallest absolute Gasteiger partial charge is 0.227 e. The number of anilines is 1. The van der Waals surface area contributed by atoms with E-state index in [9.17, 15) is 4.79 Å². The Kier molecular flexibility index (Phi) is 6.20. The van der Waals surface area contributed by atoms with Crippen molar-refractivity contribution in [1.82, 2.24) is 14.7 Å². The van der Waals surface area contributed by atoms with E-state index in [1.807, 2.05) is 37.4 Å². The van der Waals surface area contributed by atoms with E-state index < -0.39 is 0 Å². The van der Waals surface area contributed by atoms with Crippen molar-refractivity contribution in [2.24, 2.45) is 0 Å². The van der Waals surface area contributed by atoms with Crippen molar-refractivity contribution in [2.75, 3.05) is 26.1 Å². The summed E-state index contributed by atoms with van der Waals surface area (Å²) in [5.41, 5.74) is 1.81. The van der Waals surface area contributed by atoms with Gasteiger partial charge in [0, 0.05) is 45.5 Å². The number of rotatable bonds is 9. The number of methoxy groups -OCH3 is 2. The van der Waals surface area contributed by atoms with Crippen LogP contribution in [0.1, 0.15) is 31.2 Å². The molecule has 0 radical (unpaired) electrons. The van der Waals surface area contributed by atoms with Gasteiger partial charge in [0.25, 0.3) is 0 Å². The van der Waals surface area contributed by atoms with E-state index in [-0.39, 0.29) is 18.4 Å². The number of aryl methyl sites for hydroxylation is 1. The molecule has 1 amide bonds. The zero-order valence-corrected chi connectivity index (χ0v) is 15.8. The van der Waals surface area contributed by atoms with Crippen molar-refractivity contribution in [2.45, 2.75) is 32.4 Å². The summed E-state index contributed by atoms with van der Waals surface area (Å²) in [5.74, 6) is 0.798. The molecule has 8 heteroatoms. The summed E-state index contributed by atoms with van der Waals surface area (Å²) >= 11 is 0. The van der Waals surface area contributed by atoms with Gasteiger partial charge in [0.1, 0.15) is 6.10 Å². The van der Waals surface area contributed by atoms with Crippen molar-refractivity contribution >= 4 is 22.5 Å². The number of nitrogens with zero attached hydrogens (tertiary/aromatic N) is 3. The number of ether oxygens (including phenoxy) is 2. The van der Waals surface area contributed by atoms with Crippen molar-refractivity contribution in [3.63, 3.8) is 0 Å². The van der Waals surface area contributed by atoms with Gasteiger partial charge < -0.3 is 23.9 Å². The van der Waals surface area contributed by atoms with Crippen LogP contribution in [0.5, 0.6) is 0 Å². The van der Waals surface area contributed by atoms with E-state index in [4.69, 9.17) is 14.0 Å². The second kappa shape index (κ2) is 8.79. The molecule has 0 saturated heterocycles. The monoisotopic (exact) mass is 372 g/mol. The van der Waals surface area contributed by atoms with E-state index in [2.05, 4.69) is 20.0 Å². The lowest BCUT2D eigenvalue weighted by Gasteiger charge is -2.08. The Morgan fingerprint density at radius 2 is 2.19 bits per heavy atom. The van der Waals surface area contributed by atoms with Gasteiger partial charge in [0.15, 0.2) is 5.82 Å². The summed E-state index contributed by atoms with van der Waals surface area (Å²) in [5, 5.41) is 7.90. The number of carbonyl (C=O) groups is 1. The van der Waals surface area contributed by atoms with Crippen molar-refractivity contribution in [3.8, 4) is 0 Å². The van der Waals surface area contributed by atoms with Gasteiger partial charge in [-0.3, -0.25) is 4.79 Å². The molecule has 0 aliphatic carbocycles. The van der Waals surface area contributed by atoms with Crippen molar-refractivity contribution in [1.29, 1.82) is 0 Å². The van der Waals surface area contributed by atoms with E-state index >= 15 is 0 Å². The maximum absolute atomic E-state index is 12.3. The molecule has 0 unspecified atom stereocenters. The zero-order valence-electron chi connectivity index (χ0n) is 15.8. The second-order valence-corrected chi connectivity index (χ2v) is 6.25. The molecule has 1 atom stereocenters. The third-order valence-corrected chi connectivity index (χ3v) is 4.36. The van der Waals surface area contributed by atoms with Crippen LogP contribution >= 0.6 is 0 Å². The maximum atomic E-state index is 12.3. The molecule has 0 aliphatic heterocycles. The molecule has 0 aliphatic rings. The Morgan fingerprint density at radius 3 is 2.96 bits per heavy atom. The highest BCUT2D eigenvalue weighted by molar-refractivity contribution is 5.93. The van der Waals surface area contributed by atoms with E-state index in [0.717, 1.165) is 23.1 Å². The Balaban J connectivity index is 1.59. The van der Waals surface area contributed by atoms with Crippen LogP contribution in [-0.4, -0.2) is 41.4 Å². The predicted octanol–water partition coefficient (Wildman–Crippen LogP) is 2.95. The largest absolute Gasteiger partial charge is 0.383 e. The third-order valence-electron chi connectivity index (χ3n) is 4.36. The third kappa shape index (κ3) is 4.72. The quantitative estimate of drug-likeness (QED) is 0.621. The number of aromatic nitrogens is 3. The molecule has 3 rings (SSSR count). The predicted molar refractivity (Wildman–Crippen MR) is 100 cm³/mol. The van der Waals surface area contributed by atoms with Crippen LogP contribution < -0.4 is 5.32 Å². The number of carbonyl (C=O) groups excluding carboxylic acids is 1. The summed E-state index contributed by atoms with van der Waals surface area (Å²) in [6.07, 6.45) is 2.41. The first-order valence-corrected chi connectivity index (χ1v) is 8.83. The molecule has 144 valence electrons. The number of nitrogens with one attached hydrogen (secondary N) is 1. The molecule has 8 nitrogen and oxygen atoms in total. The van der Waals surface area contributed by atoms with Gasteiger partial charge in [0.2, 0.25) is 11.8 Å². The molecule has 0 bridgehead atoms. The van der Waals surface area contributed by atoms with Gasteiger partial charge in [-0.05, 0) is 30.5 Å². The van der Waals surface area contributed by atoms with Gasteiger partial charge >= 0.3 is 0 Å². The SMILES string of the molecule is COCCn1ccc2ccc(NC(=O)CCc3nc([C@@H](C)OC)no3)cc21. The minimum absolute atomic E-state index is 0.108. The van der Waals surface area contributed by atoms with Gasteiger partial charge in [-0.1, -0.05) is 11.2 Å². The van der Waals surface area contributed by atoms with Crippen molar-refractivity contribution < 1.29 is 18.8 Å². The molecule has 2 aromatic heterocycles. The van der Waals surface area contributed by atoms with Crippen molar-refractivity contribution in [3.05, 3.63) is 42.2 Å². The molecule has 0 fully saturated rings. The fourth-order valence-corrected chi connectivity index (χ4v) is 2.73. The normalized spacial score (nSPS) is 12.4. The highest BCUT2D eigenvalue weighted by Gasteiger charge is 2.14. The fourth-order valence-electron chi connectivity index (χ4n) is 2.73. The molecular weight excluding hydrogens is 348 g/mol. The average Bonchev–Trinajstić information content (AvgIpc) is 3.31. The number of fused-ring (bicyclic) bond motifs is 1. The number of benzene rings is 1. The molecule has 0 spiro atoms. The Morgan fingerprint density at radius 1 is 1.33 bits per heavy atom. The van der Waals surface area contributed by atoms with Crippen LogP contribution in [0.4, 0.5) is 5.69 Å². The second-order valence-electron chi connectivity index (χ2n) is 6.25. The number of hydrogen-bond acceptors (Lipinski definition) is 6. The van der Waals surface area contributed by atoms with Gasteiger partial charge in [0.05, 0.1) is 12.1 Å². The lowest BCUT2D eigenvalue weighted by molar-refractivity contribution is -0.116. The standard InChI is InChI=1S/C19H24N4O4/c1-13(26-3)19-21-18(27-22-19)7-6-17(24)20-15-5-4-14-8-9-23(10-11-25-2)16(14)12-15/h4-5,8-9,12-13H,6-7,10-11H2,1-3H3,(H,20,24)/t13-/m1/s1. The van der Waals surface area contributed by atoms with Crippen LogP contribution in [0.3, 0.4) is 0 Å². The molecule has 1 aromatic carbocycles. The maximum Gasteiger partial charge on any atom is 0.227 e. The first-order valence-electron chi connectivity index (χ1n) is 8.83. The van der Waals surface area contributed by atoms with Crippen LogP contribution in [0.25, 0.3) is 10.9 Å². The highest BCUT2D eigenvalue weighted by Crippen LogP contribution is 2.21. The average molecular weight is 372 g/mol. The van der Waals surface area contributed by atoms with Gasteiger partial charge in [-0.2, -0.15) is 4.98 Å². The Hall–Kier alpha value is -2.71. The summed E-state index contributed by atoms with van der Waals surface area (Å²) in [6, 6.07) is 7.90. The van der Waals surface area contributed by atoms with Crippen LogP contribution in [0, 0.1) is 0 Å². The molecule has 27 heavy (non-hydrogen) atoms. The Bertz CT molecular complexity index is 902. The minimum atomic E-state index is -0.239. The summed E-state index contributed by atoms with van der Waals surface area (Å²) in [4.78, 5) is 16.5. The van der Waals surface area contributed by atoms with Crippen LogP contribution in [0.2, 0.25) is 0 Å². The summed E-state index contributed by atoms with van der Waals surface area (Å²) in [7, 11) is 3.26. The van der Waals surface area contributed by atoms with E-state index in [0.29, 0.717) is 24.7 Å². The fraction of sp³-hybridized carbons (Fsp3) is 0.421. The van der Waals surface area contributed by atoms with E-state index in [1.54, 1.807) is 14.2 Å². The molecule has 1 N–H and O–H groups in total. The van der Waals surface area contributed by atoms with Crippen LogP contribution in [-0.2, 0) is 27.2 Å². The first-order chi connectivity index (χ1) is 13.1. The summed E-state index contributed by atoms with van der Waals surface area (Å²) < 4.78 is 17.5. The van der Waals surface area contributed by atoms with Gasteiger partial charge in [-0.25, -0.2) is 0 Å². The van der Waals surface area contributed by atoms with Gasteiger partial charge in [-0.15, -0.1) is 0 Å². The lowest BCUT2D eigenvalue weighted by Crippen LogP contribution is -2.12.